The summed E-state index contributed by atoms with van der Waals surface area (Å²) in [4.78, 5) is 12.1. The molecule has 0 radical (unpaired) electrons. The Bertz CT molecular complexity index is 1080. The number of hydrazone groups is 1. The van der Waals surface area contributed by atoms with E-state index in [0.717, 1.165) is 11.4 Å². The number of nitrogens with zero attached hydrogens (tertiary/aromatic N) is 4. The molecule has 0 spiro atoms. The van der Waals surface area contributed by atoms with Crippen molar-refractivity contribution in [1.82, 2.24) is 20.2 Å². The van der Waals surface area contributed by atoms with Gasteiger partial charge in [0, 0.05) is 22.6 Å². The molecule has 30 heavy (non-hydrogen) atoms. The number of carbonyl (C=O) groups is 1. The van der Waals surface area contributed by atoms with E-state index in [1.807, 2.05) is 42.8 Å². The lowest BCUT2D eigenvalue weighted by Crippen LogP contribution is -2.20. The van der Waals surface area contributed by atoms with Gasteiger partial charge in [-0.15, -0.1) is 10.2 Å². The van der Waals surface area contributed by atoms with Gasteiger partial charge >= 0.3 is 0 Å². The van der Waals surface area contributed by atoms with Gasteiger partial charge in [-0.1, -0.05) is 57.5 Å². The Morgan fingerprint density at radius 3 is 2.77 bits per heavy atom. The monoisotopic (exact) mass is 489 g/mol. The second kappa shape index (κ2) is 9.77. The minimum atomic E-state index is -0.308. The number of hydrogen-bond donors (Lipinski definition) is 2. The highest BCUT2D eigenvalue weighted by Crippen LogP contribution is 2.32. The summed E-state index contributed by atoms with van der Waals surface area (Å²) in [6.07, 6.45) is 1.35. The summed E-state index contributed by atoms with van der Waals surface area (Å²) in [6, 6.07) is 11.3. The third-order valence-electron chi connectivity index (χ3n) is 4.16. The molecule has 156 valence electrons. The summed E-state index contributed by atoms with van der Waals surface area (Å²) in [6.45, 7) is 2.03. The van der Waals surface area contributed by atoms with E-state index in [1.165, 1.54) is 30.6 Å². The highest BCUT2D eigenvalue weighted by Gasteiger charge is 2.13. The van der Waals surface area contributed by atoms with Gasteiger partial charge in [-0.25, -0.2) is 5.43 Å². The molecule has 2 aromatic carbocycles. The van der Waals surface area contributed by atoms with Crippen LogP contribution in [0.5, 0.6) is 11.5 Å². The van der Waals surface area contributed by atoms with Crippen LogP contribution in [0, 0.1) is 6.92 Å². The van der Waals surface area contributed by atoms with Crippen LogP contribution in [0.3, 0.4) is 0 Å². The number of methoxy groups -OCH3 is 1. The largest absolute Gasteiger partial charge is 0.504 e. The first-order valence-electron chi connectivity index (χ1n) is 8.86. The number of aromatic hydroxyl groups is 1. The van der Waals surface area contributed by atoms with Crippen molar-refractivity contribution in [3.8, 4) is 22.9 Å². The summed E-state index contributed by atoms with van der Waals surface area (Å²) >= 11 is 4.59. The van der Waals surface area contributed by atoms with Crippen LogP contribution in [0.2, 0.25) is 0 Å². The molecule has 0 aliphatic heterocycles. The van der Waals surface area contributed by atoms with E-state index in [1.54, 1.807) is 12.1 Å². The number of aromatic nitrogens is 3. The first-order valence-corrected chi connectivity index (χ1v) is 10.6. The third-order valence-corrected chi connectivity index (χ3v) is 5.64. The summed E-state index contributed by atoms with van der Waals surface area (Å²) in [5.41, 5.74) is 4.97. The number of rotatable bonds is 7. The Morgan fingerprint density at radius 1 is 1.33 bits per heavy atom. The maximum absolute atomic E-state index is 12.1. The van der Waals surface area contributed by atoms with Gasteiger partial charge < -0.3 is 14.4 Å². The Labute approximate surface area is 186 Å². The van der Waals surface area contributed by atoms with E-state index in [9.17, 15) is 9.90 Å². The zero-order valence-electron chi connectivity index (χ0n) is 16.6. The van der Waals surface area contributed by atoms with Gasteiger partial charge in [0.05, 0.1) is 19.1 Å². The standard InChI is InChI=1S/C20H20BrN5O3S/c1-12-4-6-13(7-5-12)19-24-25-20(26(19)2)30-11-17(27)23-22-10-14-8-15(21)9-16(29-3)18(14)28/h4-10,28H,11H2,1-3H3,(H,23,27)/b22-10+. The number of aryl methyl sites for hydroxylation is 1. The predicted molar refractivity (Wildman–Crippen MR) is 120 cm³/mol. The van der Waals surface area contributed by atoms with Crippen molar-refractivity contribution in [2.75, 3.05) is 12.9 Å². The lowest BCUT2D eigenvalue weighted by Gasteiger charge is -2.06. The fraction of sp³-hybridized carbons (Fsp3) is 0.200. The number of phenolic OH excluding ortho intramolecular Hbond substituents is 1. The summed E-state index contributed by atoms with van der Waals surface area (Å²) in [5, 5.41) is 23.0. The first kappa shape index (κ1) is 21.8. The Hall–Kier alpha value is -2.85. The molecule has 0 aliphatic rings. The van der Waals surface area contributed by atoms with Crippen LogP contribution in [0.4, 0.5) is 0 Å². The Kier molecular flexibility index (Phi) is 7.11. The van der Waals surface area contributed by atoms with E-state index >= 15 is 0 Å². The van der Waals surface area contributed by atoms with Crippen molar-refractivity contribution in [3.63, 3.8) is 0 Å². The highest BCUT2D eigenvalue weighted by molar-refractivity contribution is 9.10. The fourth-order valence-electron chi connectivity index (χ4n) is 2.58. The Morgan fingerprint density at radius 2 is 2.07 bits per heavy atom. The molecule has 1 amide bonds. The molecule has 1 heterocycles. The van der Waals surface area contributed by atoms with Crippen molar-refractivity contribution in [2.24, 2.45) is 12.1 Å². The van der Waals surface area contributed by atoms with Crippen LogP contribution in [0.15, 0.2) is 51.1 Å². The van der Waals surface area contributed by atoms with Gasteiger partial charge in [-0.2, -0.15) is 5.10 Å². The van der Waals surface area contributed by atoms with E-state index in [4.69, 9.17) is 4.74 Å². The molecular weight excluding hydrogens is 470 g/mol. The quantitative estimate of drug-likeness (QED) is 0.299. The van der Waals surface area contributed by atoms with Crippen molar-refractivity contribution in [3.05, 3.63) is 52.0 Å². The lowest BCUT2D eigenvalue weighted by atomic mass is 10.1. The molecule has 0 fully saturated rings. The SMILES string of the molecule is COc1cc(Br)cc(/C=N/NC(=O)CSc2nnc(-c3ccc(C)cc3)n2C)c1O. The molecule has 0 bridgehead atoms. The van der Waals surface area contributed by atoms with Crippen LogP contribution < -0.4 is 10.2 Å². The summed E-state index contributed by atoms with van der Waals surface area (Å²) in [5.74, 6) is 0.785. The molecule has 10 heteroatoms. The minimum absolute atomic E-state index is 0.0595. The zero-order valence-corrected chi connectivity index (χ0v) is 19.0. The molecule has 3 rings (SSSR count). The highest BCUT2D eigenvalue weighted by atomic mass is 79.9. The van der Waals surface area contributed by atoms with Crippen LogP contribution in [0.1, 0.15) is 11.1 Å². The molecule has 0 unspecified atom stereocenters. The molecular formula is C20H20BrN5O3S. The molecule has 0 saturated heterocycles. The zero-order chi connectivity index (χ0) is 21.7. The van der Waals surface area contributed by atoms with Gasteiger partial charge in [0.25, 0.3) is 5.91 Å². The topological polar surface area (TPSA) is 102 Å². The van der Waals surface area contributed by atoms with Crippen molar-refractivity contribution < 1.29 is 14.6 Å². The molecule has 0 aliphatic carbocycles. The number of hydrogen-bond acceptors (Lipinski definition) is 7. The second-order valence-electron chi connectivity index (χ2n) is 6.36. The number of halogens is 1. The van der Waals surface area contributed by atoms with Crippen LogP contribution in [-0.2, 0) is 11.8 Å². The summed E-state index contributed by atoms with van der Waals surface area (Å²) in [7, 11) is 3.31. The number of ether oxygens (including phenoxy) is 1. The molecule has 1 aromatic heterocycles. The van der Waals surface area contributed by atoms with Crippen LogP contribution in [0.25, 0.3) is 11.4 Å². The third kappa shape index (κ3) is 5.19. The fourth-order valence-corrected chi connectivity index (χ4v) is 3.74. The maximum Gasteiger partial charge on any atom is 0.250 e. The second-order valence-corrected chi connectivity index (χ2v) is 8.22. The lowest BCUT2D eigenvalue weighted by molar-refractivity contribution is -0.118. The van der Waals surface area contributed by atoms with Crippen molar-refractivity contribution >= 4 is 39.8 Å². The number of thioether (sulfide) groups is 1. The average Bonchev–Trinajstić information content (AvgIpc) is 3.09. The molecule has 3 aromatic rings. The number of phenols is 1. The maximum atomic E-state index is 12.1. The molecule has 0 atom stereocenters. The minimum Gasteiger partial charge on any atom is -0.504 e. The van der Waals surface area contributed by atoms with E-state index in [2.05, 4.69) is 36.7 Å². The van der Waals surface area contributed by atoms with Crippen molar-refractivity contribution in [2.45, 2.75) is 12.1 Å². The molecule has 2 N–H and O–H groups in total. The summed E-state index contributed by atoms with van der Waals surface area (Å²) < 4.78 is 7.64. The first-order chi connectivity index (χ1) is 14.4. The van der Waals surface area contributed by atoms with Crippen LogP contribution >= 0.6 is 27.7 Å². The number of amides is 1. The van der Waals surface area contributed by atoms with E-state index in [-0.39, 0.29) is 17.4 Å². The molecule has 0 saturated carbocycles. The number of carbonyl (C=O) groups excluding carboxylic acids is 1. The van der Waals surface area contributed by atoms with E-state index < -0.39 is 0 Å². The number of benzene rings is 2. The van der Waals surface area contributed by atoms with E-state index in [0.29, 0.717) is 20.9 Å². The predicted octanol–water partition coefficient (Wildman–Crippen LogP) is 3.51. The smallest absolute Gasteiger partial charge is 0.250 e. The van der Waals surface area contributed by atoms with Crippen molar-refractivity contribution in [1.29, 1.82) is 0 Å². The van der Waals surface area contributed by atoms with Gasteiger partial charge in [-0.3, -0.25) is 4.79 Å². The van der Waals surface area contributed by atoms with Gasteiger partial charge in [0.2, 0.25) is 0 Å². The molecule has 8 nitrogen and oxygen atoms in total. The van der Waals surface area contributed by atoms with Gasteiger partial charge in [-0.05, 0) is 19.1 Å². The normalized spacial score (nSPS) is 11.1. The van der Waals surface area contributed by atoms with Crippen LogP contribution in [-0.4, -0.2) is 44.9 Å². The van der Waals surface area contributed by atoms with Gasteiger partial charge in [0.15, 0.2) is 22.5 Å². The Balaban J connectivity index is 1.59. The number of nitrogens with one attached hydrogen (secondary N) is 1. The average molecular weight is 490 g/mol. The van der Waals surface area contributed by atoms with Gasteiger partial charge in [0.1, 0.15) is 0 Å².